The summed E-state index contributed by atoms with van der Waals surface area (Å²) < 4.78 is 1.69. The largest absolute Gasteiger partial charge is 0.379 e. The van der Waals surface area contributed by atoms with Crippen molar-refractivity contribution in [3.63, 3.8) is 0 Å². The van der Waals surface area contributed by atoms with Gasteiger partial charge in [-0.1, -0.05) is 23.2 Å². The molecule has 7 nitrogen and oxygen atoms in total. The number of nitrogens with one attached hydrogen (secondary N) is 3. The summed E-state index contributed by atoms with van der Waals surface area (Å²) in [6.45, 7) is 2.19. The average molecular weight is 417 g/mol. The minimum absolute atomic E-state index is 0.278. The van der Waals surface area contributed by atoms with E-state index in [0.717, 1.165) is 11.3 Å². The highest BCUT2D eigenvalue weighted by molar-refractivity contribution is 6.30. The number of dihydropyridines is 1. The molecule has 1 aliphatic heterocycles. The molecule has 0 radical (unpaired) electrons. The normalized spacial score (nSPS) is 15.4. The highest BCUT2D eigenvalue weighted by atomic mass is 35.5. The number of aromatic nitrogens is 2. The molecule has 0 spiro atoms. The summed E-state index contributed by atoms with van der Waals surface area (Å²) in [7, 11) is 1.55. The molecule has 9 heteroatoms. The number of benzene rings is 1. The molecule has 1 unspecified atom stereocenters. The first-order chi connectivity index (χ1) is 13.4. The van der Waals surface area contributed by atoms with E-state index in [-0.39, 0.29) is 12.1 Å². The molecular weight excluding hydrogens is 399 g/mol. The molecular formula is C19H18Cl2N6O. The standard InChI is InChI=1S/C19H18Cl2N6O/c1-11-6-12(9-22)7-14(19(28)23-2)17(11)25-10-13-8-16(21)26-27(13)18-15(20)4-3-5-24-18/h3-8,18,24-25H,10H2,1-2H3,(H,23,28). The molecule has 1 aliphatic rings. The van der Waals surface area contributed by atoms with E-state index in [4.69, 9.17) is 23.2 Å². The zero-order valence-electron chi connectivity index (χ0n) is 15.3. The van der Waals surface area contributed by atoms with E-state index in [1.54, 1.807) is 48.3 Å². The minimum Gasteiger partial charge on any atom is -0.379 e. The number of allylic oxidation sites excluding steroid dienone is 2. The third kappa shape index (κ3) is 3.98. The lowest BCUT2D eigenvalue weighted by atomic mass is 10.0. The van der Waals surface area contributed by atoms with E-state index < -0.39 is 0 Å². The molecule has 0 bridgehead atoms. The summed E-state index contributed by atoms with van der Waals surface area (Å²) in [5, 5.41) is 23.4. The highest BCUT2D eigenvalue weighted by Gasteiger charge is 2.21. The highest BCUT2D eigenvalue weighted by Crippen LogP contribution is 2.27. The number of nitriles is 1. The van der Waals surface area contributed by atoms with Gasteiger partial charge >= 0.3 is 0 Å². The maximum absolute atomic E-state index is 12.3. The lowest BCUT2D eigenvalue weighted by Gasteiger charge is -2.22. The first-order valence-corrected chi connectivity index (χ1v) is 9.23. The number of anilines is 1. The Hall–Kier alpha value is -2.95. The van der Waals surface area contributed by atoms with Gasteiger partial charge in [-0.2, -0.15) is 10.4 Å². The summed E-state index contributed by atoms with van der Waals surface area (Å²) in [5.41, 5.74) is 3.01. The van der Waals surface area contributed by atoms with Gasteiger partial charge in [-0.3, -0.25) is 4.79 Å². The van der Waals surface area contributed by atoms with Gasteiger partial charge in [0.05, 0.1) is 40.2 Å². The van der Waals surface area contributed by atoms with Crippen LogP contribution in [-0.2, 0) is 6.54 Å². The van der Waals surface area contributed by atoms with Gasteiger partial charge in [0.15, 0.2) is 11.3 Å². The molecule has 28 heavy (non-hydrogen) atoms. The molecule has 2 heterocycles. The molecule has 1 aromatic carbocycles. The first kappa shape index (κ1) is 19.8. The third-order valence-corrected chi connectivity index (χ3v) is 4.79. The van der Waals surface area contributed by atoms with Crippen LogP contribution in [-0.4, -0.2) is 22.7 Å². The minimum atomic E-state index is -0.364. The Kier molecular flexibility index (Phi) is 5.93. The van der Waals surface area contributed by atoms with Crippen molar-refractivity contribution >= 4 is 34.8 Å². The van der Waals surface area contributed by atoms with Crippen LogP contribution < -0.4 is 16.0 Å². The van der Waals surface area contributed by atoms with Gasteiger partial charge in [0, 0.05) is 13.1 Å². The predicted octanol–water partition coefficient (Wildman–Crippen LogP) is 3.43. The number of hydrogen-bond donors (Lipinski definition) is 3. The molecule has 0 fully saturated rings. The van der Waals surface area contributed by atoms with Crippen LogP contribution in [0.2, 0.25) is 5.15 Å². The number of nitrogens with zero attached hydrogens (tertiary/aromatic N) is 3. The smallest absolute Gasteiger partial charge is 0.253 e. The Morgan fingerprint density at radius 3 is 2.86 bits per heavy atom. The summed E-state index contributed by atoms with van der Waals surface area (Å²) in [6.07, 6.45) is 5.00. The van der Waals surface area contributed by atoms with Gasteiger partial charge < -0.3 is 16.0 Å². The van der Waals surface area contributed by atoms with Crippen LogP contribution in [0.25, 0.3) is 0 Å². The van der Waals surface area contributed by atoms with E-state index in [1.807, 2.05) is 6.92 Å². The number of carbonyl (C=O) groups excluding carboxylic acids is 1. The SMILES string of the molecule is CNC(=O)c1cc(C#N)cc(C)c1NCc1cc(Cl)nn1C1NC=CC=C1Cl. The lowest BCUT2D eigenvalue weighted by molar-refractivity contribution is 0.0963. The predicted molar refractivity (Wildman–Crippen MR) is 109 cm³/mol. The van der Waals surface area contributed by atoms with Crippen molar-refractivity contribution in [2.75, 3.05) is 12.4 Å². The lowest BCUT2D eigenvalue weighted by Crippen LogP contribution is -2.27. The van der Waals surface area contributed by atoms with Crippen molar-refractivity contribution in [2.45, 2.75) is 19.6 Å². The number of halogens is 2. The Labute approximate surface area is 172 Å². The second-order valence-electron chi connectivity index (χ2n) is 6.14. The number of rotatable bonds is 5. The van der Waals surface area contributed by atoms with Crippen molar-refractivity contribution in [1.29, 1.82) is 5.26 Å². The van der Waals surface area contributed by atoms with Gasteiger partial charge in [0.1, 0.15) is 0 Å². The number of aryl methyl sites for hydroxylation is 1. The Balaban J connectivity index is 1.92. The Morgan fingerprint density at radius 1 is 1.39 bits per heavy atom. The first-order valence-electron chi connectivity index (χ1n) is 8.47. The van der Waals surface area contributed by atoms with E-state index >= 15 is 0 Å². The molecule has 2 aromatic rings. The number of carbonyl (C=O) groups is 1. The Bertz CT molecular complexity index is 1020. The molecule has 0 aliphatic carbocycles. The van der Waals surface area contributed by atoms with Crippen LogP contribution in [0, 0.1) is 18.3 Å². The van der Waals surface area contributed by atoms with Crippen molar-refractivity contribution < 1.29 is 4.79 Å². The summed E-state index contributed by atoms with van der Waals surface area (Å²) in [4.78, 5) is 12.3. The van der Waals surface area contributed by atoms with Crippen molar-refractivity contribution in [2.24, 2.45) is 0 Å². The molecule has 3 rings (SSSR count). The van der Waals surface area contributed by atoms with Gasteiger partial charge in [-0.25, -0.2) is 4.68 Å². The fourth-order valence-corrected chi connectivity index (χ4v) is 3.41. The summed E-state index contributed by atoms with van der Waals surface area (Å²) in [5.74, 6) is -0.278. The zero-order chi connectivity index (χ0) is 20.3. The van der Waals surface area contributed by atoms with Crippen molar-refractivity contribution in [3.05, 3.63) is 69.1 Å². The van der Waals surface area contributed by atoms with Crippen LogP contribution in [0.3, 0.4) is 0 Å². The van der Waals surface area contributed by atoms with Crippen molar-refractivity contribution in [1.82, 2.24) is 20.4 Å². The van der Waals surface area contributed by atoms with E-state index in [0.29, 0.717) is 33.5 Å². The number of amides is 1. The fourth-order valence-electron chi connectivity index (χ4n) is 2.98. The van der Waals surface area contributed by atoms with E-state index in [2.05, 4.69) is 27.1 Å². The van der Waals surface area contributed by atoms with Gasteiger partial charge in [0.25, 0.3) is 5.91 Å². The second kappa shape index (κ2) is 8.38. The maximum Gasteiger partial charge on any atom is 0.253 e. The molecule has 144 valence electrons. The monoisotopic (exact) mass is 416 g/mol. The third-order valence-electron chi connectivity index (χ3n) is 4.28. The fraction of sp³-hybridized carbons (Fsp3) is 0.211. The molecule has 3 N–H and O–H groups in total. The van der Waals surface area contributed by atoms with Crippen LogP contribution in [0.4, 0.5) is 5.69 Å². The molecule has 0 saturated heterocycles. The van der Waals surface area contributed by atoms with Crippen molar-refractivity contribution in [3.8, 4) is 6.07 Å². The second-order valence-corrected chi connectivity index (χ2v) is 6.97. The van der Waals surface area contributed by atoms with Gasteiger partial charge in [-0.15, -0.1) is 0 Å². The van der Waals surface area contributed by atoms with E-state index in [1.165, 1.54) is 0 Å². The maximum atomic E-state index is 12.3. The summed E-state index contributed by atoms with van der Waals surface area (Å²) in [6, 6.07) is 7.10. The summed E-state index contributed by atoms with van der Waals surface area (Å²) >= 11 is 12.4. The van der Waals surface area contributed by atoms with Gasteiger partial charge in [0.2, 0.25) is 0 Å². The molecule has 0 saturated carbocycles. The molecule has 1 amide bonds. The van der Waals surface area contributed by atoms with Gasteiger partial charge in [-0.05, 0) is 43.0 Å². The zero-order valence-corrected chi connectivity index (χ0v) is 16.8. The van der Waals surface area contributed by atoms with E-state index in [9.17, 15) is 10.1 Å². The molecule has 1 atom stereocenters. The van der Waals surface area contributed by atoms with Crippen LogP contribution in [0.15, 0.2) is 41.6 Å². The number of hydrogen-bond acceptors (Lipinski definition) is 5. The van der Waals surface area contributed by atoms with Crippen LogP contribution in [0.5, 0.6) is 0 Å². The topological polar surface area (TPSA) is 94.8 Å². The quantitative estimate of drug-likeness (QED) is 0.693. The van der Waals surface area contributed by atoms with Crippen LogP contribution in [0.1, 0.15) is 33.3 Å². The van der Waals surface area contributed by atoms with Crippen LogP contribution >= 0.6 is 23.2 Å². The molecule has 1 aromatic heterocycles. The Morgan fingerprint density at radius 2 is 2.18 bits per heavy atom. The average Bonchev–Trinajstić information content (AvgIpc) is 3.06.